The molecular formula is C18H19FN2O2S. The van der Waals surface area contributed by atoms with Crippen molar-refractivity contribution in [2.24, 2.45) is 0 Å². The molecule has 126 valence electrons. The van der Waals surface area contributed by atoms with E-state index in [2.05, 4.69) is 4.98 Å². The van der Waals surface area contributed by atoms with Crippen LogP contribution < -0.4 is 0 Å². The van der Waals surface area contributed by atoms with E-state index in [0.717, 1.165) is 35.6 Å². The predicted octanol–water partition coefficient (Wildman–Crippen LogP) is 3.89. The normalized spacial score (nSPS) is 23.3. The molecule has 2 aromatic rings. The van der Waals surface area contributed by atoms with Crippen LogP contribution in [0, 0.1) is 5.82 Å². The summed E-state index contributed by atoms with van der Waals surface area (Å²) >= 11 is 1.43. The molecule has 4 nitrogen and oxygen atoms in total. The van der Waals surface area contributed by atoms with Gasteiger partial charge in [-0.25, -0.2) is 9.37 Å². The summed E-state index contributed by atoms with van der Waals surface area (Å²) in [4.78, 5) is 19.8. The second-order valence-corrected chi connectivity index (χ2v) is 7.39. The van der Waals surface area contributed by atoms with Gasteiger partial charge in [0.15, 0.2) is 0 Å². The molecule has 0 spiro atoms. The van der Waals surface area contributed by atoms with Crippen molar-refractivity contribution < 1.29 is 13.9 Å². The molecule has 1 saturated heterocycles. The van der Waals surface area contributed by atoms with Gasteiger partial charge in [-0.05, 0) is 49.4 Å². The lowest BCUT2D eigenvalue weighted by molar-refractivity contribution is 0.0682. The Morgan fingerprint density at radius 2 is 2.33 bits per heavy atom. The van der Waals surface area contributed by atoms with Crippen LogP contribution in [0.15, 0.2) is 24.4 Å². The number of rotatable bonds is 2. The van der Waals surface area contributed by atoms with Crippen molar-refractivity contribution in [1.82, 2.24) is 9.88 Å². The fourth-order valence-corrected chi connectivity index (χ4v) is 4.49. The molecule has 6 heteroatoms. The molecule has 0 N–H and O–H groups in total. The summed E-state index contributed by atoms with van der Waals surface area (Å²) in [5.74, 6) is -0.219. The highest BCUT2D eigenvalue weighted by Gasteiger charge is 2.30. The summed E-state index contributed by atoms with van der Waals surface area (Å²) < 4.78 is 19.0. The Morgan fingerprint density at radius 3 is 3.12 bits per heavy atom. The molecule has 1 aromatic carbocycles. The smallest absolute Gasteiger partial charge is 0.266 e. The molecule has 0 saturated carbocycles. The van der Waals surface area contributed by atoms with E-state index < -0.39 is 0 Å². The van der Waals surface area contributed by atoms with Crippen molar-refractivity contribution >= 4 is 17.2 Å². The summed E-state index contributed by atoms with van der Waals surface area (Å²) in [5, 5.41) is 0.892. The van der Waals surface area contributed by atoms with E-state index in [-0.39, 0.29) is 23.9 Å². The van der Waals surface area contributed by atoms with Gasteiger partial charge in [-0.1, -0.05) is 6.07 Å². The third-order valence-electron chi connectivity index (χ3n) is 4.85. The summed E-state index contributed by atoms with van der Waals surface area (Å²) in [5.41, 5.74) is 2.02. The number of thiazole rings is 1. The molecule has 1 aromatic heterocycles. The first-order valence-electron chi connectivity index (χ1n) is 8.30. The number of halogens is 1. The number of fused-ring (bicyclic) bond motifs is 1. The fraction of sp³-hybridized carbons (Fsp3) is 0.444. The van der Waals surface area contributed by atoms with Gasteiger partial charge in [-0.3, -0.25) is 4.79 Å². The number of carbonyl (C=O) groups is 1. The first kappa shape index (κ1) is 15.7. The third kappa shape index (κ3) is 2.74. The molecule has 2 atom stereocenters. The average Bonchev–Trinajstić information content (AvgIpc) is 3.26. The standard InChI is InChI=1S/C18H19FN2O2S/c1-11-14-5-4-13(19)9-12(14)6-7-21(11)18(22)16-10-20-17(24-16)15-3-2-8-23-15/h4-5,9-11,15H,2-3,6-8H2,1H3/t11-,15+/m1/s1. The van der Waals surface area contributed by atoms with E-state index in [4.69, 9.17) is 4.74 Å². The van der Waals surface area contributed by atoms with Gasteiger partial charge in [0.25, 0.3) is 5.91 Å². The van der Waals surface area contributed by atoms with E-state index in [1.54, 1.807) is 18.3 Å². The molecule has 0 aliphatic carbocycles. The van der Waals surface area contributed by atoms with Crippen molar-refractivity contribution in [2.75, 3.05) is 13.2 Å². The minimum absolute atomic E-state index is 0.000720. The zero-order valence-electron chi connectivity index (χ0n) is 13.5. The molecular weight excluding hydrogens is 327 g/mol. The first-order valence-corrected chi connectivity index (χ1v) is 9.12. The lowest BCUT2D eigenvalue weighted by atomic mass is 9.93. The maximum Gasteiger partial charge on any atom is 0.266 e. The number of nitrogens with zero attached hydrogens (tertiary/aromatic N) is 2. The maximum atomic E-state index is 13.4. The monoisotopic (exact) mass is 346 g/mol. The minimum atomic E-state index is -0.218. The Kier molecular flexibility index (Phi) is 4.10. The van der Waals surface area contributed by atoms with Crippen LogP contribution in [0.3, 0.4) is 0 Å². The SMILES string of the molecule is C[C@@H]1c2ccc(F)cc2CCN1C(=O)c1cnc([C@@H]2CCCO2)s1. The van der Waals surface area contributed by atoms with Crippen LogP contribution >= 0.6 is 11.3 Å². The van der Waals surface area contributed by atoms with Gasteiger partial charge in [0, 0.05) is 13.2 Å². The van der Waals surface area contributed by atoms with Gasteiger partial charge in [0.1, 0.15) is 21.8 Å². The Labute approximate surface area is 144 Å². The van der Waals surface area contributed by atoms with Crippen LogP contribution in [0.2, 0.25) is 0 Å². The maximum absolute atomic E-state index is 13.4. The largest absolute Gasteiger partial charge is 0.371 e. The molecule has 0 bridgehead atoms. The van der Waals surface area contributed by atoms with E-state index in [9.17, 15) is 9.18 Å². The Balaban J connectivity index is 1.55. The minimum Gasteiger partial charge on any atom is -0.371 e. The van der Waals surface area contributed by atoms with Gasteiger partial charge in [-0.2, -0.15) is 0 Å². The lowest BCUT2D eigenvalue weighted by Gasteiger charge is -2.35. The van der Waals surface area contributed by atoms with Crippen LogP contribution in [0.5, 0.6) is 0 Å². The summed E-state index contributed by atoms with van der Waals surface area (Å²) in [7, 11) is 0. The zero-order chi connectivity index (χ0) is 16.7. The van der Waals surface area contributed by atoms with E-state index in [1.807, 2.05) is 11.8 Å². The van der Waals surface area contributed by atoms with Crippen LogP contribution in [-0.2, 0) is 11.2 Å². The number of hydrogen-bond donors (Lipinski definition) is 0. The van der Waals surface area contributed by atoms with Gasteiger partial charge in [0.05, 0.1) is 12.2 Å². The van der Waals surface area contributed by atoms with E-state index in [1.165, 1.54) is 17.4 Å². The quantitative estimate of drug-likeness (QED) is 0.828. The van der Waals surface area contributed by atoms with Gasteiger partial charge in [0.2, 0.25) is 0 Å². The fourth-order valence-electron chi connectivity index (χ4n) is 3.53. The molecule has 24 heavy (non-hydrogen) atoms. The average molecular weight is 346 g/mol. The van der Waals surface area contributed by atoms with Crippen molar-refractivity contribution in [3.63, 3.8) is 0 Å². The molecule has 4 rings (SSSR count). The highest BCUT2D eigenvalue weighted by Crippen LogP contribution is 2.34. The molecule has 3 heterocycles. The Morgan fingerprint density at radius 1 is 1.46 bits per heavy atom. The second kappa shape index (κ2) is 6.26. The van der Waals surface area contributed by atoms with Crippen LogP contribution in [0.1, 0.15) is 57.7 Å². The third-order valence-corrected chi connectivity index (χ3v) is 5.92. The molecule has 1 fully saturated rings. The number of carbonyl (C=O) groups excluding carboxylic acids is 1. The van der Waals surface area contributed by atoms with Crippen molar-refractivity contribution in [3.05, 3.63) is 51.2 Å². The summed E-state index contributed by atoms with van der Waals surface area (Å²) in [6, 6.07) is 4.77. The highest BCUT2D eigenvalue weighted by atomic mass is 32.1. The van der Waals surface area contributed by atoms with E-state index in [0.29, 0.717) is 17.8 Å². The lowest BCUT2D eigenvalue weighted by Crippen LogP contribution is -2.38. The number of hydrogen-bond acceptors (Lipinski definition) is 4. The number of ether oxygens (including phenoxy) is 1. The molecule has 2 aliphatic heterocycles. The Hall–Kier alpha value is -1.79. The predicted molar refractivity (Wildman–Crippen MR) is 89.6 cm³/mol. The number of benzene rings is 1. The number of amides is 1. The highest BCUT2D eigenvalue weighted by molar-refractivity contribution is 7.13. The van der Waals surface area contributed by atoms with Crippen LogP contribution in [0.25, 0.3) is 0 Å². The van der Waals surface area contributed by atoms with Crippen LogP contribution in [0.4, 0.5) is 4.39 Å². The van der Waals surface area contributed by atoms with Gasteiger partial charge < -0.3 is 9.64 Å². The molecule has 1 amide bonds. The Bertz CT molecular complexity index is 770. The molecule has 0 radical (unpaired) electrons. The van der Waals surface area contributed by atoms with Crippen molar-refractivity contribution in [2.45, 2.75) is 38.3 Å². The van der Waals surface area contributed by atoms with Crippen LogP contribution in [-0.4, -0.2) is 28.9 Å². The molecule has 0 unspecified atom stereocenters. The van der Waals surface area contributed by atoms with Gasteiger partial charge >= 0.3 is 0 Å². The number of aromatic nitrogens is 1. The van der Waals surface area contributed by atoms with E-state index >= 15 is 0 Å². The molecule has 2 aliphatic rings. The van der Waals surface area contributed by atoms with Crippen molar-refractivity contribution in [3.8, 4) is 0 Å². The summed E-state index contributed by atoms with van der Waals surface area (Å²) in [6.07, 6.45) is 4.40. The summed E-state index contributed by atoms with van der Waals surface area (Å²) in [6.45, 7) is 3.36. The second-order valence-electron chi connectivity index (χ2n) is 6.33. The first-order chi connectivity index (χ1) is 11.6. The van der Waals surface area contributed by atoms with Crippen molar-refractivity contribution in [1.29, 1.82) is 0 Å². The topological polar surface area (TPSA) is 42.4 Å². The zero-order valence-corrected chi connectivity index (χ0v) is 14.3. The van der Waals surface area contributed by atoms with Gasteiger partial charge in [-0.15, -0.1) is 11.3 Å².